The summed E-state index contributed by atoms with van der Waals surface area (Å²) in [4.78, 5) is 31.8. The molecule has 0 spiro atoms. The minimum atomic E-state index is -0.386. The van der Waals surface area contributed by atoms with Gasteiger partial charge in [-0.05, 0) is 53.6 Å². The van der Waals surface area contributed by atoms with Crippen molar-refractivity contribution in [1.29, 1.82) is 0 Å². The van der Waals surface area contributed by atoms with E-state index in [1.54, 1.807) is 41.8 Å². The van der Waals surface area contributed by atoms with Crippen molar-refractivity contribution in [3.63, 3.8) is 0 Å². The van der Waals surface area contributed by atoms with Crippen molar-refractivity contribution in [3.05, 3.63) is 121 Å². The van der Waals surface area contributed by atoms with E-state index in [-0.39, 0.29) is 53.8 Å². The van der Waals surface area contributed by atoms with Crippen LogP contribution >= 0.6 is 34.5 Å². The lowest BCUT2D eigenvalue weighted by atomic mass is 10.1. The van der Waals surface area contributed by atoms with Gasteiger partial charge in [0.05, 0.1) is 16.6 Å². The summed E-state index contributed by atoms with van der Waals surface area (Å²) in [5, 5.41) is 5.47. The predicted octanol–water partition coefficient (Wildman–Crippen LogP) is 6.50. The molecule has 4 aromatic rings. The molecule has 1 N–H and O–H groups in total. The molecule has 5 nitrogen and oxygen atoms in total. The number of aromatic nitrogens is 1. The van der Waals surface area contributed by atoms with Crippen LogP contribution < -0.4 is 5.32 Å². The molecule has 0 saturated heterocycles. The normalized spacial score (nSPS) is 10.8. The molecule has 184 valence electrons. The van der Waals surface area contributed by atoms with Crippen molar-refractivity contribution >= 4 is 46.4 Å². The summed E-state index contributed by atoms with van der Waals surface area (Å²) in [6.45, 7) is 0.524. The molecule has 0 bridgehead atoms. The highest BCUT2D eigenvalue weighted by molar-refractivity contribution is 7.09. The molecule has 4 rings (SSSR count). The van der Waals surface area contributed by atoms with Crippen LogP contribution in [0.5, 0.6) is 0 Å². The fourth-order valence-electron chi connectivity index (χ4n) is 3.35. The number of rotatable bonds is 8. The van der Waals surface area contributed by atoms with Gasteiger partial charge in [0, 0.05) is 24.0 Å². The minimum absolute atomic E-state index is 0.117. The number of nitrogens with zero attached hydrogens (tertiary/aromatic N) is 2. The van der Waals surface area contributed by atoms with Crippen LogP contribution in [-0.2, 0) is 19.6 Å². The molecule has 0 fully saturated rings. The summed E-state index contributed by atoms with van der Waals surface area (Å²) in [5.74, 6) is -1.44. The lowest BCUT2D eigenvalue weighted by Crippen LogP contribution is -2.30. The zero-order valence-electron chi connectivity index (χ0n) is 18.7. The molecule has 1 heterocycles. The van der Waals surface area contributed by atoms with Crippen LogP contribution in [0.15, 0.2) is 72.1 Å². The molecule has 1 aromatic heterocycles. The zero-order valence-corrected chi connectivity index (χ0v) is 21.0. The van der Waals surface area contributed by atoms with Gasteiger partial charge in [-0.3, -0.25) is 9.59 Å². The third kappa shape index (κ3) is 6.66. The van der Waals surface area contributed by atoms with Gasteiger partial charge in [0.25, 0.3) is 11.8 Å². The molecule has 2 amide bonds. The second kappa shape index (κ2) is 11.6. The van der Waals surface area contributed by atoms with Crippen LogP contribution in [-0.4, -0.2) is 21.7 Å². The molecule has 0 unspecified atom stereocenters. The van der Waals surface area contributed by atoms with E-state index in [0.29, 0.717) is 15.6 Å². The van der Waals surface area contributed by atoms with Gasteiger partial charge in [-0.1, -0.05) is 47.5 Å². The summed E-state index contributed by atoms with van der Waals surface area (Å²) in [7, 11) is 0. The molecule has 0 aliphatic heterocycles. The van der Waals surface area contributed by atoms with Gasteiger partial charge in [-0.25, -0.2) is 13.8 Å². The number of amides is 2. The van der Waals surface area contributed by atoms with Crippen molar-refractivity contribution < 1.29 is 18.4 Å². The molecule has 3 aromatic carbocycles. The van der Waals surface area contributed by atoms with Crippen LogP contribution in [0.1, 0.15) is 37.0 Å². The monoisotopic (exact) mass is 545 g/mol. The van der Waals surface area contributed by atoms with E-state index in [4.69, 9.17) is 23.2 Å². The van der Waals surface area contributed by atoms with Crippen LogP contribution in [0.3, 0.4) is 0 Å². The van der Waals surface area contributed by atoms with Gasteiger partial charge >= 0.3 is 0 Å². The molecule has 0 aliphatic carbocycles. The Labute approximate surface area is 220 Å². The summed E-state index contributed by atoms with van der Waals surface area (Å²) in [5.41, 5.74) is 2.01. The first-order valence-electron chi connectivity index (χ1n) is 10.7. The van der Waals surface area contributed by atoms with Gasteiger partial charge in [0.15, 0.2) is 0 Å². The number of halogens is 4. The van der Waals surface area contributed by atoms with Crippen molar-refractivity contribution in [2.45, 2.75) is 19.6 Å². The van der Waals surface area contributed by atoms with E-state index in [1.807, 2.05) is 0 Å². The Kier molecular flexibility index (Phi) is 8.30. The smallest absolute Gasteiger partial charge is 0.271 e. The molecule has 10 heteroatoms. The summed E-state index contributed by atoms with van der Waals surface area (Å²) in [6.07, 6.45) is 0. The Balaban J connectivity index is 1.49. The molecule has 0 aliphatic rings. The highest BCUT2D eigenvalue weighted by atomic mass is 35.5. The third-order valence-electron chi connectivity index (χ3n) is 5.22. The standard InChI is InChI=1S/C26H19Cl2F2N3O2S/c27-21-10-5-18(11-22(21)28)26(35)33(13-17-3-8-20(30)9-4-17)14-24-32-23(15-36-24)25(34)31-12-16-1-6-19(29)7-2-16/h1-11,15H,12-14H2,(H,31,34). The molecule has 36 heavy (non-hydrogen) atoms. The van der Waals surface area contributed by atoms with Crippen molar-refractivity contribution in [3.8, 4) is 0 Å². The number of benzene rings is 3. The Bertz CT molecular complexity index is 1380. The average molecular weight is 546 g/mol. The first-order chi connectivity index (χ1) is 17.3. The summed E-state index contributed by atoms with van der Waals surface area (Å²) in [6, 6.07) is 16.3. The fraction of sp³-hybridized carbons (Fsp3) is 0.115. The number of thiazole rings is 1. The van der Waals surface area contributed by atoms with E-state index < -0.39 is 0 Å². The van der Waals surface area contributed by atoms with Crippen molar-refractivity contribution in [1.82, 2.24) is 15.2 Å². The van der Waals surface area contributed by atoms with Gasteiger partial charge in [0.2, 0.25) is 0 Å². The van der Waals surface area contributed by atoms with E-state index in [0.717, 1.165) is 11.1 Å². The maximum Gasteiger partial charge on any atom is 0.271 e. The fourth-order valence-corrected chi connectivity index (χ4v) is 4.43. The molecule has 0 atom stereocenters. The Morgan fingerprint density at radius 2 is 1.50 bits per heavy atom. The molecular formula is C26H19Cl2F2N3O2S. The first-order valence-corrected chi connectivity index (χ1v) is 12.4. The largest absolute Gasteiger partial charge is 0.347 e. The van der Waals surface area contributed by atoms with Gasteiger partial charge < -0.3 is 10.2 Å². The molecule has 0 saturated carbocycles. The van der Waals surface area contributed by atoms with Gasteiger partial charge in [0.1, 0.15) is 22.3 Å². The highest BCUT2D eigenvalue weighted by Crippen LogP contribution is 2.25. The van der Waals surface area contributed by atoms with Crippen LogP contribution in [0.4, 0.5) is 8.78 Å². The van der Waals surface area contributed by atoms with Gasteiger partial charge in [-0.15, -0.1) is 11.3 Å². The lowest BCUT2D eigenvalue weighted by Gasteiger charge is -2.22. The first kappa shape index (κ1) is 25.8. The van der Waals surface area contributed by atoms with Crippen molar-refractivity contribution in [2.24, 2.45) is 0 Å². The van der Waals surface area contributed by atoms with E-state index in [2.05, 4.69) is 10.3 Å². The third-order valence-corrected chi connectivity index (χ3v) is 6.79. The Hall–Kier alpha value is -3.33. The summed E-state index contributed by atoms with van der Waals surface area (Å²) >= 11 is 13.3. The maximum atomic E-state index is 13.4. The lowest BCUT2D eigenvalue weighted by molar-refractivity contribution is 0.0730. The van der Waals surface area contributed by atoms with Crippen molar-refractivity contribution in [2.75, 3.05) is 0 Å². The molecule has 0 radical (unpaired) electrons. The van der Waals surface area contributed by atoms with Crippen LogP contribution in [0.25, 0.3) is 0 Å². The number of carbonyl (C=O) groups excluding carboxylic acids is 2. The number of hydrogen-bond acceptors (Lipinski definition) is 4. The van der Waals surface area contributed by atoms with E-state index in [1.165, 1.54) is 46.6 Å². The van der Waals surface area contributed by atoms with E-state index in [9.17, 15) is 18.4 Å². The predicted molar refractivity (Wildman–Crippen MR) is 136 cm³/mol. The minimum Gasteiger partial charge on any atom is -0.347 e. The summed E-state index contributed by atoms with van der Waals surface area (Å²) < 4.78 is 26.4. The van der Waals surface area contributed by atoms with Crippen LogP contribution in [0, 0.1) is 11.6 Å². The number of carbonyl (C=O) groups is 2. The maximum absolute atomic E-state index is 13.4. The Morgan fingerprint density at radius 1 is 0.861 bits per heavy atom. The second-order valence-corrected chi connectivity index (χ2v) is 9.61. The zero-order chi connectivity index (χ0) is 25.7. The average Bonchev–Trinajstić information content (AvgIpc) is 3.34. The number of nitrogens with one attached hydrogen (secondary N) is 1. The van der Waals surface area contributed by atoms with Crippen LogP contribution in [0.2, 0.25) is 10.0 Å². The topological polar surface area (TPSA) is 62.3 Å². The number of hydrogen-bond donors (Lipinski definition) is 1. The second-order valence-electron chi connectivity index (χ2n) is 7.85. The SMILES string of the molecule is O=C(NCc1ccc(F)cc1)c1csc(CN(Cc2ccc(F)cc2)C(=O)c2ccc(Cl)c(Cl)c2)n1. The highest BCUT2D eigenvalue weighted by Gasteiger charge is 2.20. The van der Waals surface area contributed by atoms with E-state index >= 15 is 0 Å². The quantitative estimate of drug-likeness (QED) is 0.275. The molecular weight excluding hydrogens is 527 g/mol. The van der Waals surface area contributed by atoms with Gasteiger partial charge in [-0.2, -0.15) is 0 Å². The Morgan fingerprint density at radius 3 is 2.14 bits per heavy atom.